The normalized spacial score (nSPS) is 14.7. The minimum absolute atomic E-state index is 0.385. The number of halogens is 2. The molecule has 0 amide bonds. The van der Waals surface area contributed by atoms with E-state index in [1.54, 1.807) is 0 Å². The summed E-state index contributed by atoms with van der Waals surface area (Å²) in [6.45, 7) is 3.95. The lowest BCUT2D eigenvalue weighted by Gasteiger charge is -1.97. The van der Waals surface area contributed by atoms with E-state index in [-0.39, 0.29) is 0 Å². The number of aliphatic hydroxyl groups excluding tert-OH is 1. The Bertz CT molecular complexity index is 183. The Kier molecular flexibility index (Phi) is 5.96. The summed E-state index contributed by atoms with van der Waals surface area (Å²) in [5.41, 5.74) is 0. The summed E-state index contributed by atoms with van der Waals surface area (Å²) in [7, 11) is 0. The first kappa shape index (κ1) is 11.2. The lowest BCUT2D eigenvalue weighted by molar-refractivity contribution is 0.393. The van der Waals surface area contributed by atoms with Gasteiger partial charge in [0, 0.05) is 6.42 Å². The van der Waals surface area contributed by atoms with Crippen LogP contribution in [0, 0.1) is 0 Å². The first-order chi connectivity index (χ1) is 5.11. The highest BCUT2D eigenvalue weighted by Gasteiger charge is 1.96. The van der Waals surface area contributed by atoms with Crippen molar-refractivity contribution in [2.24, 2.45) is 0 Å². The van der Waals surface area contributed by atoms with Crippen molar-refractivity contribution in [1.82, 2.24) is 0 Å². The maximum Gasteiger partial charge on any atom is 0.106 e. The molecule has 0 aromatic heterocycles. The molecule has 0 aliphatic carbocycles. The molecule has 0 bridgehead atoms. The number of hydrogen-bond acceptors (Lipinski definition) is 1. The van der Waals surface area contributed by atoms with Gasteiger partial charge in [-0.2, -0.15) is 0 Å². The summed E-state index contributed by atoms with van der Waals surface area (Å²) >= 11 is 6.63. The van der Waals surface area contributed by atoms with Gasteiger partial charge in [-0.25, -0.2) is 0 Å². The molecule has 0 saturated carbocycles. The Labute approximate surface area is 84.4 Å². The van der Waals surface area contributed by atoms with Gasteiger partial charge in [0.15, 0.2) is 0 Å². The van der Waals surface area contributed by atoms with E-state index in [0.29, 0.717) is 12.2 Å². The van der Waals surface area contributed by atoms with Crippen molar-refractivity contribution in [3.05, 3.63) is 20.8 Å². The van der Waals surface area contributed by atoms with E-state index in [4.69, 9.17) is 0 Å². The Morgan fingerprint density at radius 3 is 2.18 bits per heavy atom. The summed E-state index contributed by atoms with van der Waals surface area (Å²) in [5.74, 6) is 0.385. The summed E-state index contributed by atoms with van der Waals surface area (Å²) in [5, 5.41) is 9.24. The van der Waals surface area contributed by atoms with E-state index < -0.39 is 0 Å². The average Bonchev–Trinajstić information content (AvgIpc) is 2.02. The molecule has 1 N–H and O–H groups in total. The summed E-state index contributed by atoms with van der Waals surface area (Å²) < 4.78 is 1.83. The molecular weight excluding hydrogens is 272 g/mol. The fourth-order valence-corrected chi connectivity index (χ4v) is 1.58. The quantitative estimate of drug-likeness (QED) is 0.606. The first-order valence-electron chi connectivity index (χ1n) is 3.55. The second-order valence-corrected chi connectivity index (χ2v) is 3.97. The van der Waals surface area contributed by atoms with Crippen molar-refractivity contribution in [3.63, 3.8) is 0 Å². The fourth-order valence-electron chi connectivity index (χ4n) is 0.492. The predicted molar refractivity (Wildman–Crippen MR) is 56.2 cm³/mol. The van der Waals surface area contributed by atoms with Crippen LogP contribution in [0.5, 0.6) is 0 Å². The lowest BCUT2D eigenvalue weighted by Crippen LogP contribution is -1.80. The Morgan fingerprint density at radius 2 is 1.82 bits per heavy atom. The molecule has 0 rings (SSSR count). The molecule has 0 saturated heterocycles. The highest BCUT2D eigenvalue weighted by molar-refractivity contribution is 9.12. The minimum atomic E-state index is 0.385. The molecule has 1 nitrogen and oxygen atoms in total. The van der Waals surface area contributed by atoms with Crippen LogP contribution in [0.4, 0.5) is 0 Å². The van der Waals surface area contributed by atoms with Gasteiger partial charge in [-0.3, -0.25) is 0 Å². The van der Waals surface area contributed by atoms with E-state index in [0.717, 1.165) is 15.4 Å². The van der Waals surface area contributed by atoms with Gasteiger partial charge in [-0.05, 0) is 32.9 Å². The van der Waals surface area contributed by atoms with Crippen LogP contribution in [0.25, 0.3) is 0 Å². The molecule has 0 aliphatic heterocycles. The molecule has 64 valence electrons. The van der Waals surface area contributed by atoms with E-state index in [1.165, 1.54) is 0 Å². The summed E-state index contributed by atoms with van der Waals surface area (Å²) in [6, 6.07) is 0. The highest BCUT2D eigenvalue weighted by atomic mass is 79.9. The number of rotatable bonds is 3. The van der Waals surface area contributed by atoms with Gasteiger partial charge in [0.2, 0.25) is 0 Å². The standard InChI is InChI=1S/C8H12Br2O/c1-3-6(9)5-7(10)8(11)4-2/h5,11H,3-4H2,1-2H3/b6-5+,8-7-. The third-order valence-corrected chi connectivity index (χ3v) is 2.71. The third-order valence-electron chi connectivity index (χ3n) is 1.23. The Morgan fingerprint density at radius 1 is 1.27 bits per heavy atom. The lowest BCUT2D eigenvalue weighted by atomic mass is 10.3. The smallest absolute Gasteiger partial charge is 0.106 e. The molecule has 0 spiro atoms. The molecule has 0 aromatic carbocycles. The SMILES string of the molecule is CC/C(O)=C(Br)\C=C(\Br)CC. The van der Waals surface area contributed by atoms with E-state index in [1.807, 2.05) is 19.9 Å². The molecule has 0 aliphatic rings. The molecule has 3 heteroatoms. The van der Waals surface area contributed by atoms with Crippen LogP contribution in [-0.4, -0.2) is 5.11 Å². The van der Waals surface area contributed by atoms with Gasteiger partial charge in [0.25, 0.3) is 0 Å². The number of hydrogen-bond donors (Lipinski definition) is 1. The second kappa shape index (κ2) is 5.84. The van der Waals surface area contributed by atoms with Gasteiger partial charge < -0.3 is 5.11 Å². The van der Waals surface area contributed by atoms with E-state index in [9.17, 15) is 5.11 Å². The monoisotopic (exact) mass is 282 g/mol. The first-order valence-corrected chi connectivity index (χ1v) is 5.14. The molecule has 11 heavy (non-hydrogen) atoms. The van der Waals surface area contributed by atoms with Crippen LogP contribution < -0.4 is 0 Å². The maximum absolute atomic E-state index is 9.24. The molecule has 0 radical (unpaired) electrons. The highest BCUT2D eigenvalue weighted by Crippen LogP contribution is 2.20. The summed E-state index contributed by atoms with van der Waals surface area (Å²) in [6.07, 6.45) is 3.46. The number of aliphatic hydroxyl groups is 1. The number of allylic oxidation sites excluding steroid dienone is 4. The van der Waals surface area contributed by atoms with Gasteiger partial charge in [0.05, 0.1) is 4.48 Å². The van der Waals surface area contributed by atoms with Crippen LogP contribution in [0.15, 0.2) is 20.8 Å². The topological polar surface area (TPSA) is 20.2 Å². The van der Waals surface area contributed by atoms with Crippen LogP contribution in [-0.2, 0) is 0 Å². The zero-order chi connectivity index (χ0) is 8.85. The molecule has 0 atom stereocenters. The van der Waals surface area contributed by atoms with Crippen molar-refractivity contribution in [1.29, 1.82) is 0 Å². The largest absolute Gasteiger partial charge is 0.511 e. The van der Waals surface area contributed by atoms with Crippen LogP contribution in [0.3, 0.4) is 0 Å². The summed E-state index contributed by atoms with van der Waals surface area (Å²) in [4.78, 5) is 0. The average molecular weight is 284 g/mol. The van der Waals surface area contributed by atoms with Crippen molar-refractivity contribution >= 4 is 31.9 Å². The van der Waals surface area contributed by atoms with Crippen LogP contribution >= 0.6 is 31.9 Å². The molecule has 0 heterocycles. The van der Waals surface area contributed by atoms with Crippen molar-refractivity contribution in [2.45, 2.75) is 26.7 Å². The third kappa shape index (κ3) is 4.64. The van der Waals surface area contributed by atoms with Crippen LogP contribution in [0.2, 0.25) is 0 Å². The second-order valence-electron chi connectivity index (χ2n) is 2.09. The molecule has 0 fully saturated rings. The molecule has 0 aromatic rings. The van der Waals surface area contributed by atoms with Gasteiger partial charge in [0.1, 0.15) is 5.76 Å². The van der Waals surface area contributed by atoms with E-state index in [2.05, 4.69) is 31.9 Å². The van der Waals surface area contributed by atoms with Gasteiger partial charge in [-0.1, -0.05) is 29.8 Å². The van der Waals surface area contributed by atoms with Crippen molar-refractivity contribution in [2.75, 3.05) is 0 Å². The van der Waals surface area contributed by atoms with E-state index >= 15 is 0 Å². The predicted octanol–water partition coefficient (Wildman–Crippen LogP) is 4.25. The van der Waals surface area contributed by atoms with Crippen LogP contribution in [0.1, 0.15) is 26.7 Å². The zero-order valence-corrected chi connectivity index (χ0v) is 9.87. The van der Waals surface area contributed by atoms with Crippen molar-refractivity contribution < 1.29 is 5.11 Å². The Balaban J connectivity index is 4.37. The zero-order valence-electron chi connectivity index (χ0n) is 6.69. The molecular formula is C8H12Br2O. The van der Waals surface area contributed by atoms with Gasteiger partial charge >= 0.3 is 0 Å². The van der Waals surface area contributed by atoms with Crippen molar-refractivity contribution in [3.8, 4) is 0 Å². The maximum atomic E-state index is 9.24. The molecule has 0 unspecified atom stereocenters. The fraction of sp³-hybridized carbons (Fsp3) is 0.500. The Hall–Kier alpha value is 0.240. The minimum Gasteiger partial charge on any atom is -0.511 e. The van der Waals surface area contributed by atoms with Gasteiger partial charge in [-0.15, -0.1) is 0 Å².